The van der Waals surface area contributed by atoms with E-state index in [4.69, 9.17) is 4.74 Å². The number of aromatic hydroxyl groups is 1. The predicted octanol–water partition coefficient (Wildman–Crippen LogP) is 2.70. The van der Waals surface area contributed by atoms with Crippen molar-refractivity contribution in [3.63, 3.8) is 0 Å². The summed E-state index contributed by atoms with van der Waals surface area (Å²) in [5.41, 5.74) is 0.394. The van der Waals surface area contributed by atoms with Gasteiger partial charge in [0.1, 0.15) is 23.1 Å². The Morgan fingerprint density at radius 1 is 1.03 bits per heavy atom. The highest BCUT2D eigenvalue weighted by Gasteiger charge is 2.38. The van der Waals surface area contributed by atoms with Gasteiger partial charge >= 0.3 is 18.1 Å². The van der Waals surface area contributed by atoms with Gasteiger partial charge in [-0.3, -0.25) is 14.4 Å². The molecule has 206 valence electrons. The Labute approximate surface area is 216 Å². The maximum atomic E-state index is 12.6. The van der Waals surface area contributed by atoms with E-state index >= 15 is 0 Å². The first-order valence-corrected chi connectivity index (χ1v) is 11.5. The van der Waals surface area contributed by atoms with Crippen molar-refractivity contribution in [3.05, 3.63) is 53.6 Å². The second kappa shape index (κ2) is 13.9. The fourth-order valence-corrected chi connectivity index (χ4v) is 3.31. The summed E-state index contributed by atoms with van der Waals surface area (Å²) in [5.74, 6) is -3.86. The molecule has 0 aromatic heterocycles. The largest absolute Gasteiger partial charge is 0.507 e. The Kier molecular flexibility index (Phi) is 10.9. The molecule has 38 heavy (non-hydrogen) atoms. The minimum atomic E-state index is -5.02. The molecule has 2 aromatic carbocycles. The highest BCUT2D eigenvalue weighted by molar-refractivity contribution is 5.95. The van der Waals surface area contributed by atoms with Crippen molar-refractivity contribution in [2.45, 2.75) is 38.4 Å². The molecular weight excluding hydrogens is 511 g/mol. The van der Waals surface area contributed by atoms with Crippen LogP contribution in [0.15, 0.2) is 42.5 Å². The lowest BCUT2D eigenvalue weighted by atomic mass is 10.0. The summed E-state index contributed by atoms with van der Waals surface area (Å²) in [4.78, 5) is 47.1. The second-order valence-corrected chi connectivity index (χ2v) is 8.09. The van der Waals surface area contributed by atoms with Crippen LogP contribution in [0, 0.1) is 0 Å². The molecule has 0 spiro atoms. The van der Waals surface area contributed by atoms with E-state index in [0.717, 1.165) is 0 Å². The van der Waals surface area contributed by atoms with Gasteiger partial charge in [-0.25, -0.2) is 4.79 Å². The zero-order valence-corrected chi connectivity index (χ0v) is 20.7. The SMILES string of the molecule is COC(=O)c1c(O)cccc1OCCCCNC(=O)C(Cc1ccc(NC(=O)C(F)(F)F)cc1)NC(C)=O. The number of halogens is 3. The summed E-state index contributed by atoms with van der Waals surface area (Å²) in [6.07, 6.45) is -3.96. The zero-order chi connectivity index (χ0) is 28.3. The first kappa shape index (κ1) is 29.9. The number of benzene rings is 2. The molecule has 0 aliphatic rings. The summed E-state index contributed by atoms with van der Waals surface area (Å²) in [7, 11) is 1.18. The Hall–Kier alpha value is -4.29. The van der Waals surface area contributed by atoms with Gasteiger partial charge in [-0.05, 0) is 42.7 Å². The number of methoxy groups -OCH3 is 1. The molecule has 0 radical (unpaired) electrons. The quantitative estimate of drug-likeness (QED) is 0.240. The number of ether oxygens (including phenoxy) is 2. The number of alkyl halides is 3. The van der Waals surface area contributed by atoms with Crippen LogP contribution in [0.2, 0.25) is 0 Å². The third kappa shape index (κ3) is 9.30. The molecule has 0 aliphatic heterocycles. The number of rotatable bonds is 12. The molecule has 2 rings (SSSR count). The van der Waals surface area contributed by atoms with E-state index < -0.39 is 35.9 Å². The molecule has 1 unspecified atom stereocenters. The number of carbonyl (C=O) groups is 4. The lowest BCUT2D eigenvalue weighted by molar-refractivity contribution is -0.167. The fraction of sp³-hybridized carbons (Fsp3) is 0.360. The first-order chi connectivity index (χ1) is 17.9. The van der Waals surface area contributed by atoms with E-state index in [1.807, 2.05) is 0 Å². The van der Waals surface area contributed by atoms with Gasteiger partial charge in [0.25, 0.3) is 0 Å². The number of anilines is 1. The highest BCUT2D eigenvalue weighted by atomic mass is 19.4. The Morgan fingerprint density at radius 2 is 1.71 bits per heavy atom. The van der Waals surface area contributed by atoms with Crippen LogP contribution in [0.3, 0.4) is 0 Å². The van der Waals surface area contributed by atoms with E-state index in [2.05, 4.69) is 15.4 Å². The number of carbonyl (C=O) groups excluding carboxylic acids is 4. The molecule has 3 amide bonds. The van der Waals surface area contributed by atoms with Crippen LogP contribution in [-0.2, 0) is 25.5 Å². The number of esters is 1. The maximum absolute atomic E-state index is 12.6. The average molecular weight is 540 g/mol. The Morgan fingerprint density at radius 3 is 2.32 bits per heavy atom. The number of phenols is 1. The Bertz CT molecular complexity index is 1140. The summed E-state index contributed by atoms with van der Waals surface area (Å²) >= 11 is 0. The number of unbranched alkanes of at least 4 members (excludes halogenated alkanes) is 1. The molecular formula is C25H28F3N3O7. The van der Waals surface area contributed by atoms with Crippen LogP contribution >= 0.6 is 0 Å². The van der Waals surface area contributed by atoms with Gasteiger partial charge in [-0.15, -0.1) is 0 Å². The summed E-state index contributed by atoms with van der Waals surface area (Å²) in [6.45, 7) is 1.69. The first-order valence-electron chi connectivity index (χ1n) is 11.5. The minimum absolute atomic E-state index is 0.0653. The fourth-order valence-electron chi connectivity index (χ4n) is 3.31. The smallest absolute Gasteiger partial charge is 0.471 e. The molecule has 10 nitrogen and oxygen atoms in total. The highest BCUT2D eigenvalue weighted by Crippen LogP contribution is 2.28. The number of phenolic OH excluding ortho intramolecular Hbond substituents is 1. The van der Waals surface area contributed by atoms with Gasteiger partial charge in [0.15, 0.2) is 0 Å². The molecule has 4 N–H and O–H groups in total. The predicted molar refractivity (Wildman–Crippen MR) is 130 cm³/mol. The van der Waals surface area contributed by atoms with Gasteiger partial charge < -0.3 is 30.5 Å². The topological polar surface area (TPSA) is 143 Å². The van der Waals surface area contributed by atoms with Crippen LogP contribution in [0.4, 0.5) is 18.9 Å². The standard InChI is InChI=1S/C25H28F3N3O7/c1-15(32)30-18(14-16-8-10-17(11-9-16)31-24(36)25(26,27)28)22(34)29-12-3-4-13-38-20-7-5-6-19(33)21(20)23(35)37-2/h5-11,18,33H,3-4,12-14H2,1-2H3,(H,29,34)(H,30,32)(H,31,36). The molecule has 0 heterocycles. The number of amides is 3. The van der Waals surface area contributed by atoms with Crippen molar-refractivity contribution in [2.24, 2.45) is 0 Å². The average Bonchev–Trinajstić information content (AvgIpc) is 2.85. The van der Waals surface area contributed by atoms with Crippen molar-refractivity contribution in [3.8, 4) is 11.5 Å². The summed E-state index contributed by atoms with van der Waals surface area (Å²) < 4.78 is 47.4. The number of hydrogen-bond donors (Lipinski definition) is 4. The second-order valence-electron chi connectivity index (χ2n) is 8.09. The third-order valence-electron chi connectivity index (χ3n) is 5.12. The Balaban J connectivity index is 1.85. The van der Waals surface area contributed by atoms with Crippen LogP contribution in [0.25, 0.3) is 0 Å². The van der Waals surface area contributed by atoms with E-state index in [-0.39, 0.29) is 42.3 Å². The lowest BCUT2D eigenvalue weighted by Gasteiger charge is -2.18. The lowest BCUT2D eigenvalue weighted by Crippen LogP contribution is -2.47. The van der Waals surface area contributed by atoms with Crippen molar-refractivity contribution < 1.29 is 46.9 Å². The molecule has 0 saturated heterocycles. The molecule has 0 fully saturated rings. The normalized spacial score (nSPS) is 11.7. The van der Waals surface area contributed by atoms with Crippen molar-refractivity contribution in [2.75, 3.05) is 25.6 Å². The monoisotopic (exact) mass is 539 g/mol. The number of nitrogens with one attached hydrogen (secondary N) is 3. The van der Waals surface area contributed by atoms with Crippen molar-refractivity contribution >= 4 is 29.4 Å². The molecule has 0 aliphatic carbocycles. The summed E-state index contributed by atoms with van der Waals surface area (Å²) in [5, 5.41) is 16.8. The molecule has 0 saturated carbocycles. The van der Waals surface area contributed by atoms with Gasteiger partial charge in [0.05, 0.1) is 13.7 Å². The van der Waals surface area contributed by atoms with Gasteiger partial charge in [-0.1, -0.05) is 18.2 Å². The van der Waals surface area contributed by atoms with Gasteiger partial charge in [0.2, 0.25) is 11.8 Å². The van der Waals surface area contributed by atoms with Crippen LogP contribution < -0.4 is 20.7 Å². The van der Waals surface area contributed by atoms with Gasteiger partial charge in [-0.2, -0.15) is 13.2 Å². The van der Waals surface area contributed by atoms with Gasteiger partial charge in [0, 0.05) is 25.6 Å². The summed E-state index contributed by atoms with van der Waals surface area (Å²) in [6, 6.07) is 8.84. The van der Waals surface area contributed by atoms with E-state index in [1.165, 1.54) is 56.5 Å². The molecule has 2 aromatic rings. The number of hydrogen-bond acceptors (Lipinski definition) is 7. The van der Waals surface area contributed by atoms with E-state index in [1.54, 1.807) is 5.32 Å². The van der Waals surface area contributed by atoms with Crippen LogP contribution in [0.5, 0.6) is 11.5 Å². The zero-order valence-electron chi connectivity index (χ0n) is 20.7. The molecule has 13 heteroatoms. The van der Waals surface area contributed by atoms with Crippen molar-refractivity contribution in [1.29, 1.82) is 0 Å². The van der Waals surface area contributed by atoms with E-state index in [0.29, 0.717) is 18.4 Å². The minimum Gasteiger partial charge on any atom is -0.507 e. The maximum Gasteiger partial charge on any atom is 0.471 e. The third-order valence-corrected chi connectivity index (χ3v) is 5.12. The van der Waals surface area contributed by atoms with Crippen molar-refractivity contribution in [1.82, 2.24) is 10.6 Å². The van der Waals surface area contributed by atoms with E-state index in [9.17, 15) is 37.5 Å². The van der Waals surface area contributed by atoms with Crippen LogP contribution in [-0.4, -0.2) is 61.3 Å². The molecule has 1 atom stereocenters. The van der Waals surface area contributed by atoms with Crippen LogP contribution in [0.1, 0.15) is 35.7 Å². The molecule has 0 bridgehead atoms.